The number of thiazole rings is 1. The molecule has 2 aromatic heterocycles. The molecule has 1 aliphatic rings. The van der Waals surface area contributed by atoms with E-state index in [1.165, 1.54) is 46.8 Å². The van der Waals surface area contributed by atoms with E-state index in [0.29, 0.717) is 54.2 Å². The summed E-state index contributed by atoms with van der Waals surface area (Å²) in [6, 6.07) is 9.27. The molecule has 1 fully saturated rings. The largest absolute Gasteiger partial charge is 0.458 e. The maximum absolute atomic E-state index is 12.7. The Hall–Kier alpha value is -3.06. The topological polar surface area (TPSA) is 131 Å². The van der Waals surface area contributed by atoms with Gasteiger partial charge >= 0.3 is 0 Å². The standard InChI is InChI=1S/C21H22N4O6S2/c1-14(26)22-12-16-4-7-19(31-16)18-13-32-21(23-18)24-20(27)15-2-5-17(6-3-15)33(28,29)25-8-10-30-11-9-25/h2-7,13H,8-12H2,1H3,(H,22,26)(H,23,24,27). The highest BCUT2D eigenvalue weighted by Gasteiger charge is 2.26. The number of anilines is 1. The van der Waals surface area contributed by atoms with Crippen LogP contribution in [0.2, 0.25) is 0 Å². The van der Waals surface area contributed by atoms with Crippen molar-refractivity contribution in [2.24, 2.45) is 0 Å². The molecule has 1 saturated heterocycles. The number of nitrogens with zero attached hydrogens (tertiary/aromatic N) is 2. The lowest BCUT2D eigenvalue weighted by Gasteiger charge is -2.26. The summed E-state index contributed by atoms with van der Waals surface area (Å²) in [6.07, 6.45) is 0. The second-order valence-corrected chi connectivity index (χ2v) is 10.0. The zero-order valence-corrected chi connectivity index (χ0v) is 19.4. The van der Waals surface area contributed by atoms with Gasteiger partial charge in [0.15, 0.2) is 10.9 Å². The summed E-state index contributed by atoms with van der Waals surface area (Å²) in [6.45, 7) is 3.05. The summed E-state index contributed by atoms with van der Waals surface area (Å²) in [5, 5.41) is 7.48. The molecule has 12 heteroatoms. The molecule has 0 spiro atoms. The third-order valence-corrected chi connectivity index (χ3v) is 7.55. The first-order valence-corrected chi connectivity index (χ1v) is 12.4. The SMILES string of the molecule is CC(=O)NCc1ccc(-c2csc(NC(=O)c3ccc(S(=O)(=O)N4CCOCC4)cc3)n2)o1. The minimum absolute atomic E-state index is 0.130. The van der Waals surface area contributed by atoms with Crippen LogP contribution < -0.4 is 10.6 Å². The number of ether oxygens (including phenoxy) is 1. The van der Waals surface area contributed by atoms with Crippen molar-refractivity contribution in [1.82, 2.24) is 14.6 Å². The van der Waals surface area contributed by atoms with Crippen molar-refractivity contribution in [3.63, 3.8) is 0 Å². The van der Waals surface area contributed by atoms with Crippen LogP contribution >= 0.6 is 11.3 Å². The van der Waals surface area contributed by atoms with E-state index in [1.54, 1.807) is 17.5 Å². The molecule has 0 unspecified atom stereocenters. The van der Waals surface area contributed by atoms with Crippen molar-refractivity contribution < 1.29 is 27.2 Å². The van der Waals surface area contributed by atoms with Gasteiger partial charge in [-0.1, -0.05) is 0 Å². The Morgan fingerprint density at radius 3 is 2.55 bits per heavy atom. The summed E-state index contributed by atoms with van der Waals surface area (Å²) >= 11 is 1.23. The smallest absolute Gasteiger partial charge is 0.257 e. The second kappa shape index (κ2) is 9.83. The van der Waals surface area contributed by atoms with Crippen LogP contribution in [0.1, 0.15) is 23.0 Å². The molecule has 0 aliphatic carbocycles. The summed E-state index contributed by atoms with van der Waals surface area (Å²) in [7, 11) is -3.62. The van der Waals surface area contributed by atoms with Crippen LogP contribution in [0.25, 0.3) is 11.5 Å². The van der Waals surface area contributed by atoms with Crippen molar-refractivity contribution in [2.75, 3.05) is 31.6 Å². The van der Waals surface area contributed by atoms with Crippen molar-refractivity contribution in [3.05, 3.63) is 53.1 Å². The van der Waals surface area contributed by atoms with E-state index in [0.717, 1.165) is 0 Å². The quantitative estimate of drug-likeness (QED) is 0.520. The second-order valence-electron chi connectivity index (χ2n) is 7.21. The molecule has 33 heavy (non-hydrogen) atoms. The van der Waals surface area contributed by atoms with Crippen LogP contribution in [-0.2, 0) is 26.1 Å². The van der Waals surface area contributed by atoms with Crippen LogP contribution in [0.15, 0.2) is 51.1 Å². The first-order chi connectivity index (χ1) is 15.8. The van der Waals surface area contributed by atoms with Crippen molar-refractivity contribution in [3.8, 4) is 11.5 Å². The third kappa shape index (κ3) is 5.47. The van der Waals surface area contributed by atoms with Gasteiger partial charge in [0.2, 0.25) is 15.9 Å². The molecule has 1 aliphatic heterocycles. The Bertz CT molecular complexity index is 1240. The van der Waals surface area contributed by atoms with Crippen molar-refractivity contribution >= 4 is 38.3 Å². The average Bonchev–Trinajstić information content (AvgIpc) is 3.48. The normalized spacial score (nSPS) is 14.7. The molecule has 1 aromatic carbocycles. The molecule has 0 atom stereocenters. The van der Waals surface area contributed by atoms with E-state index < -0.39 is 15.9 Å². The summed E-state index contributed by atoms with van der Waals surface area (Å²) in [5.74, 6) is 0.547. The number of hydrogen-bond acceptors (Lipinski definition) is 8. The summed E-state index contributed by atoms with van der Waals surface area (Å²) in [5.41, 5.74) is 0.861. The average molecular weight is 491 g/mol. The van der Waals surface area contributed by atoms with E-state index in [9.17, 15) is 18.0 Å². The molecule has 4 rings (SSSR count). The fourth-order valence-electron chi connectivity index (χ4n) is 3.15. The van der Waals surface area contributed by atoms with Crippen LogP contribution in [0.4, 0.5) is 5.13 Å². The van der Waals surface area contributed by atoms with Gasteiger partial charge < -0.3 is 14.5 Å². The lowest BCUT2D eigenvalue weighted by molar-refractivity contribution is -0.119. The maximum Gasteiger partial charge on any atom is 0.257 e. The Morgan fingerprint density at radius 2 is 1.85 bits per heavy atom. The van der Waals surface area contributed by atoms with Gasteiger partial charge in [0.1, 0.15) is 11.5 Å². The first kappa shape index (κ1) is 23.1. The fraction of sp³-hybridized carbons (Fsp3) is 0.286. The minimum atomic E-state index is -3.62. The fourth-order valence-corrected chi connectivity index (χ4v) is 5.25. The molecule has 2 N–H and O–H groups in total. The van der Waals surface area contributed by atoms with Gasteiger partial charge in [0.05, 0.1) is 24.7 Å². The molecule has 174 valence electrons. The number of amides is 2. The Labute approximate surface area is 194 Å². The zero-order chi connectivity index (χ0) is 23.4. The Balaban J connectivity index is 1.40. The number of carbonyl (C=O) groups excluding carboxylic acids is 2. The molecular formula is C21H22N4O6S2. The highest BCUT2D eigenvalue weighted by Crippen LogP contribution is 2.27. The number of furan rings is 1. The van der Waals surface area contributed by atoms with Gasteiger partial charge in [-0.2, -0.15) is 4.31 Å². The maximum atomic E-state index is 12.7. The monoisotopic (exact) mass is 490 g/mol. The summed E-state index contributed by atoms with van der Waals surface area (Å²) < 4.78 is 37.7. The molecule has 2 amide bonds. The first-order valence-electron chi connectivity index (χ1n) is 10.1. The minimum Gasteiger partial charge on any atom is -0.458 e. The number of rotatable bonds is 7. The van der Waals surface area contributed by atoms with Crippen LogP contribution in [-0.4, -0.2) is 55.8 Å². The molecule has 0 bridgehead atoms. The van der Waals surface area contributed by atoms with Crippen molar-refractivity contribution in [1.29, 1.82) is 0 Å². The van der Waals surface area contributed by atoms with E-state index >= 15 is 0 Å². The Morgan fingerprint density at radius 1 is 1.12 bits per heavy atom. The van der Waals surface area contributed by atoms with Gasteiger partial charge in [-0.05, 0) is 36.4 Å². The van der Waals surface area contributed by atoms with E-state index in [1.807, 2.05) is 0 Å². The zero-order valence-electron chi connectivity index (χ0n) is 17.7. The predicted molar refractivity (Wildman–Crippen MR) is 121 cm³/mol. The lowest BCUT2D eigenvalue weighted by Crippen LogP contribution is -2.40. The molecule has 3 heterocycles. The third-order valence-electron chi connectivity index (χ3n) is 4.87. The molecular weight excluding hydrogens is 468 g/mol. The number of benzene rings is 1. The van der Waals surface area contributed by atoms with Crippen LogP contribution in [0.5, 0.6) is 0 Å². The number of morpholine rings is 1. The highest BCUT2D eigenvalue weighted by molar-refractivity contribution is 7.89. The number of hydrogen-bond donors (Lipinski definition) is 2. The molecule has 0 radical (unpaired) electrons. The van der Waals surface area contributed by atoms with Crippen LogP contribution in [0.3, 0.4) is 0 Å². The number of aromatic nitrogens is 1. The summed E-state index contributed by atoms with van der Waals surface area (Å²) in [4.78, 5) is 28.1. The van der Waals surface area contributed by atoms with Gasteiger partial charge in [-0.3, -0.25) is 14.9 Å². The number of carbonyl (C=O) groups is 2. The van der Waals surface area contributed by atoms with Crippen molar-refractivity contribution in [2.45, 2.75) is 18.4 Å². The van der Waals surface area contributed by atoms with E-state index in [4.69, 9.17) is 9.15 Å². The van der Waals surface area contributed by atoms with E-state index in [-0.39, 0.29) is 17.3 Å². The highest BCUT2D eigenvalue weighted by atomic mass is 32.2. The molecule has 10 nitrogen and oxygen atoms in total. The van der Waals surface area contributed by atoms with Gasteiger partial charge in [0, 0.05) is 31.0 Å². The lowest BCUT2D eigenvalue weighted by atomic mass is 10.2. The number of sulfonamides is 1. The number of nitrogens with one attached hydrogen (secondary N) is 2. The Kier molecular flexibility index (Phi) is 6.88. The van der Waals surface area contributed by atoms with E-state index in [2.05, 4.69) is 15.6 Å². The van der Waals surface area contributed by atoms with Gasteiger partial charge in [0.25, 0.3) is 5.91 Å². The molecule has 3 aromatic rings. The predicted octanol–water partition coefficient (Wildman–Crippen LogP) is 2.31. The van der Waals surface area contributed by atoms with Gasteiger partial charge in [-0.15, -0.1) is 11.3 Å². The van der Waals surface area contributed by atoms with Crippen LogP contribution in [0, 0.1) is 0 Å². The molecule has 0 saturated carbocycles. The van der Waals surface area contributed by atoms with Gasteiger partial charge in [-0.25, -0.2) is 13.4 Å².